The number of halogens is 1. The molecule has 0 heterocycles. The van der Waals surface area contributed by atoms with Crippen molar-refractivity contribution in [2.75, 3.05) is 13.2 Å². The van der Waals surface area contributed by atoms with Crippen LogP contribution in [0.1, 0.15) is 27.7 Å². The second-order valence-electron chi connectivity index (χ2n) is 5.96. The van der Waals surface area contributed by atoms with Crippen LogP contribution in [-0.2, 0) is 0 Å². The first-order valence-electron chi connectivity index (χ1n) is 6.66. The number of rotatable bonds is 7. The Hall–Kier alpha value is -1.17. The molecule has 0 saturated carbocycles. The van der Waals surface area contributed by atoms with Crippen LogP contribution in [0.5, 0.6) is 5.75 Å². The molecule has 0 aromatic heterocycles. The van der Waals surface area contributed by atoms with Crippen LogP contribution in [0.3, 0.4) is 0 Å². The lowest BCUT2D eigenvalue weighted by Crippen LogP contribution is -2.57. The molecule has 5 heteroatoms. The summed E-state index contributed by atoms with van der Waals surface area (Å²) in [4.78, 5) is 0. The first-order chi connectivity index (χ1) is 9.13. The molecule has 20 heavy (non-hydrogen) atoms. The van der Waals surface area contributed by atoms with Gasteiger partial charge in [0.15, 0.2) is 11.6 Å². The SMILES string of the molecule is CC(C)(O)C(C)(C)NCC(O)COc1ccccc1F. The summed E-state index contributed by atoms with van der Waals surface area (Å²) >= 11 is 0. The van der Waals surface area contributed by atoms with Crippen LogP contribution in [0.4, 0.5) is 4.39 Å². The Balaban J connectivity index is 2.42. The van der Waals surface area contributed by atoms with Gasteiger partial charge in [-0.05, 0) is 39.8 Å². The molecule has 0 amide bonds. The fourth-order valence-corrected chi connectivity index (χ4v) is 1.40. The van der Waals surface area contributed by atoms with E-state index in [4.69, 9.17) is 4.74 Å². The van der Waals surface area contributed by atoms with Gasteiger partial charge < -0.3 is 20.3 Å². The molecule has 1 aromatic carbocycles. The van der Waals surface area contributed by atoms with E-state index >= 15 is 0 Å². The molecule has 0 radical (unpaired) electrons. The van der Waals surface area contributed by atoms with Crippen molar-refractivity contribution in [2.24, 2.45) is 0 Å². The Bertz CT molecular complexity index is 429. The van der Waals surface area contributed by atoms with Gasteiger partial charge in [0.25, 0.3) is 0 Å². The minimum absolute atomic E-state index is 0.0180. The van der Waals surface area contributed by atoms with Crippen LogP contribution in [0.25, 0.3) is 0 Å². The number of ether oxygens (including phenoxy) is 1. The highest BCUT2D eigenvalue weighted by Gasteiger charge is 2.34. The van der Waals surface area contributed by atoms with E-state index in [1.165, 1.54) is 12.1 Å². The Morgan fingerprint density at radius 1 is 1.25 bits per heavy atom. The van der Waals surface area contributed by atoms with Gasteiger partial charge in [0.1, 0.15) is 12.7 Å². The quantitative estimate of drug-likeness (QED) is 0.713. The zero-order valence-electron chi connectivity index (χ0n) is 12.5. The fraction of sp³-hybridized carbons (Fsp3) is 0.600. The molecule has 1 atom stereocenters. The van der Waals surface area contributed by atoms with E-state index < -0.39 is 23.1 Å². The standard InChI is InChI=1S/C15H24FNO3/c1-14(2,15(3,4)19)17-9-11(18)10-20-13-8-6-5-7-12(13)16/h5-8,11,17-19H,9-10H2,1-4H3. The van der Waals surface area contributed by atoms with Crippen molar-refractivity contribution in [1.82, 2.24) is 5.32 Å². The maximum atomic E-state index is 13.3. The van der Waals surface area contributed by atoms with E-state index in [-0.39, 0.29) is 18.9 Å². The summed E-state index contributed by atoms with van der Waals surface area (Å²) in [6, 6.07) is 6.06. The van der Waals surface area contributed by atoms with Gasteiger partial charge in [0.05, 0.1) is 5.60 Å². The number of hydrogen-bond acceptors (Lipinski definition) is 4. The maximum Gasteiger partial charge on any atom is 0.165 e. The third-order valence-corrected chi connectivity index (χ3v) is 3.58. The van der Waals surface area contributed by atoms with Gasteiger partial charge in [-0.1, -0.05) is 12.1 Å². The van der Waals surface area contributed by atoms with Crippen LogP contribution in [-0.4, -0.2) is 40.6 Å². The summed E-state index contributed by atoms with van der Waals surface area (Å²) in [7, 11) is 0. The molecule has 0 saturated heterocycles. The second-order valence-corrected chi connectivity index (χ2v) is 5.96. The number of para-hydroxylation sites is 1. The molecule has 3 N–H and O–H groups in total. The molecule has 0 spiro atoms. The molecule has 0 aliphatic rings. The van der Waals surface area contributed by atoms with E-state index in [0.29, 0.717) is 0 Å². The Kier molecular flexibility index (Phi) is 5.50. The van der Waals surface area contributed by atoms with Gasteiger partial charge in [0, 0.05) is 12.1 Å². The van der Waals surface area contributed by atoms with Crippen LogP contribution in [0, 0.1) is 5.82 Å². The molecule has 1 unspecified atom stereocenters. The molecule has 4 nitrogen and oxygen atoms in total. The Labute approximate surface area is 119 Å². The monoisotopic (exact) mass is 285 g/mol. The largest absolute Gasteiger partial charge is 0.488 e. The van der Waals surface area contributed by atoms with E-state index in [0.717, 1.165) is 0 Å². The highest BCUT2D eigenvalue weighted by Crippen LogP contribution is 2.20. The number of nitrogens with one attached hydrogen (secondary N) is 1. The summed E-state index contributed by atoms with van der Waals surface area (Å²) in [5.41, 5.74) is -1.49. The van der Waals surface area contributed by atoms with Crippen molar-refractivity contribution in [1.29, 1.82) is 0 Å². The van der Waals surface area contributed by atoms with Gasteiger partial charge in [0.2, 0.25) is 0 Å². The molecule has 1 aromatic rings. The lowest BCUT2D eigenvalue weighted by atomic mass is 9.86. The Morgan fingerprint density at radius 2 is 1.85 bits per heavy atom. The number of hydrogen-bond donors (Lipinski definition) is 3. The molecule has 0 aliphatic heterocycles. The van der Waals surface area contributed by atoms with E-state index in [9.17, 15) is 14.6 Å². The summed E-state index contributed by atoms with van der Waals surface area (Å²) < 4.78 is 18.5. The van der Waals surface area contributed by atoms with Crippen molar-refractivity contribution in [3.8, 4) is 5.75 Å². The van der Waals surface area contributed by atoms with Crippen LogP contribution >= 0.6 is 0 Å². The number of aliphatic hydroxyl groups excluding tert-OH is 1. The summed E-state index contributed by atoms with van der Waals surface area (Å²) in [6.07, 6.45) is -0.795. The third-order valence-electron chi connectivity index (χ3n) is 3.58. The van der Waals surface area contributed by atoms with E-state index in [1.54, 1.807) is 26.0 Å². The first kappa shape index (κ1) is 16.9. The molecule has 0 bridgehead atoms. The van der Waals surface area contributed by atoms with Gasteiger partial charge in [-0.25, -0.2) is 4.39 Å². The zero-order valence-corrected chi connectivity index (χ0v) is 12.5. The van der Waals surface area contributed by atoms with Gasteiger partial charge in [-0.2, -0.15) is 0 Å². The molecule has 0 aliphatic carbocycles. The predicted octanol–water partition coefficient (Wildman–Crippen LogP) is 1.70. The summed E-state index contributed by atoms with van der Waals surface area (Å²) in [6.45, 7) is 7.31. The lowest BCUT2D eigenvalue weighted by Gasteiger charge is -2.38. The molecule has 0 fully saturated rings. The molecular weight excluding hydrogens is 261 g/mol. The molecular formula is C15H24FNO3. The van der Waals surface area contributed by atoms with Crippen molar-refractivity contribution in [3.63, 3.8) is 0 Å². The van der Waals surface area contributed by atoms with Gasteiger partial charge >= 0.3 is 0 Å². The zero-order chi connectivity index (χ0) is 15.4. The Morgan fingerprint density at radius 3 is 2.40 bits per heavy atom. The van der Waals surface area contributed by atoms with Crippen LogP contribution in [0.2, 0.25) is 0 Å². The highest BCUT2D eigenvalue weighted by molar-refractivity contribution is 5.23. The first-order valence-corrected chi connectivity index (χ1v) is 6.66. The number of aliphatic hydroxyl groups is 2. The van der Waals surface area contributed by atoms with Crippen LogP contribution in [0.15, 0.2) is 24.3 Å². The van der Waals surface area contributed by atoms with E-state index in [2.05, 4.69) is 5.32 Å². The summed E-state index contributed by atoms with van der Waals surface area (Å²) in [5.74, 6) is -0.335. The van der Waals surface area contributed by atoms with Crippen molar-refractivity contribution in [2.45, 2.75) is 44.9 Å². The lowest BCUT2D eigenvalue weighted by molar-refractivity contribution is -0.0121. The van der Waals surface area contributed by atoms with E-state index in [1.807, 2.05) is 13.8 Å². The van der Waals surface area contributed by atoms with Crippen molar-refractivity contribution < 1.29 is 19.3 Å². The molecule has 1 rings (SSSR count). The smallest absolute Gasteiger partial charge is 0.165 e. The normalized spacial score (nSPS) is 14.2. The molecule has 114 valence electrons. The van der Waals surface area contributed by atoms with Gasteiger partial charge in [-0.15, -0.1) is 0 Å². The highest BCUT2D eigenvalue weighted by atomic mass is 19.1. The van der Waals surface area contributed by atoms with Crippen LogP contribution < -0.4 is 10.1 Å². The number of β-amino-alcohol motifs (C(OH)–C–C–N with tert-alkyl or cyclic N) is 1. The van der Waals surface area contributed by atoms with Crippen molar-refractivity contribution in [3.05, 3.63) is 30.1 Å². The topological polar surface area (TPSA) is 61.7 Å². The predicted molar refractivity (Wildman–Crippen MR) is 76.3 cm³/mol. The van der Waals surface area contributed by atoms with Crippen molar-refractivity contribution >= 4 is 0 Å². The fourth-order valence-electron chi connectivity index (χ4n) is 1.40. The van der Waals surface area contributed by atoms with Gasteiger partial charge in [-0.3, -0.25) is 0 Å². The average molecular weight is 285 g/mol. The minimum atomic E-state index is -0.931. The number of benzene rings is 1. The summed E-state index contributed by atoms with van der Waals surface area (Å²) in [5, 5.41) is 22.9. The minimum Gasteiger partial charge on any atom is -0.488 e. The maximum absolute atomic E-state index is 13.3. The second kappa shape index (κ2) is 6.52. The average Bonchev–Trinajstić information content (AvgIpc) is 2.34. The third kappa shape index (κ3) is 4.74.